The quantitative estimate of drug-likeness (QED) is 0.615. The second kappa shape index (κ2) is 8.41. The highest BCUT2D eigenvalue weighted by Crippen LogP contribution is 2.18. The third kappa shape index (κ3) is 5.91. The first kappa shape index (κ1) is 16.3. The van der Waals surface area contributed by atoms with Gasteiger partial charge in [-0.15, -0.1) is 6.58 Å². The monoisotopic (exact) mass is 293 g/mol. The van der Waals surface area contributed by atoms with E-state index in [4.69, 9.17) is 4.74 Å². The van der Waals surface area contributed by atoms with Crippen molar-refractivity contribution in [1.82, 2.24) is 4.72 Å². The molecule has 5 heteroatoms. The van der Waals surface area contributed by atoms with E-state index in [1.165, 1.54) is 0 Å². The van der Waals surface area contributed by atoms with Crippen LogP contribution in [-0.2, 0) is 16.4 Å². The second-order valence-corrected chi connectivity index (χ2v) is 6.06. The lowest BCUT2D eigenvalue weighted by Gasteiger charge is -2.07. The van der Waals surface area contributed by atoms with Gasteiger partial charge in [0.2, 0.25) is 10.0 Å². The number of hydrogen-bond acceptors (Lipinski definition) is 3. The summed E-state index contributed by atoms with van der Waals surface area (Å²) in [5.74, 6) is 6.32. The summed E-state index contributed by atoms with van der Waals surface area (Å²) in [5.41, 5.74) is 1.05. The summed E-state index contributed by atoms with van der Waals surface area (Å²) in [7, 11) is -3.18. The fraction of sp³-hybridized carbons (Fsp3) is 0.333. The van der Waals surface area contributed by atoms with Crippen LogP contribution in [0.25, 0.3) is 0 Å². The van der Waals surface area contributed by atoms with Crippen molar-refractivity contribution in [2.45, 2.75) is 13.3 Å². The largest absolute Gasteiger partial charge is 0.481 e. The maximum atomic E-state index is 11.2. The summed E-state index contributed by atoms with van der Waals surface area (Å²) in [5, 5.41) is 0. The summed E-state index contributed by atoms with van der Waals surface area (Å²) in [4.78, 5) is 0. The highest BCUT2D eigenvalue weighted by molar-refractivity contribution is 7.89. The molecule has 0 spiro atoms. The standard InChI is InChI=1S/C15H19NO3S/c1-3-9-14-10-5-6-11-15(14)19-13-8-7-12-16-20(17,18)4-2/h3,5-6,10-11,16H,1,4,9,12-13H2,2H3. The van der Waals surface area contributed by atoms with Gasteiger partial charge in [-0.25, -0.2) is 13.1 Å². The van der Waals surface area contributed by atoms with Crippen molar-refractivity contribution in [3.63, 3.8) is 0 Å². The molecule has 0 fully saturated rings. The molecule has 0 amide bonds. The van der Waals surface area contributed by atoms with Crippen molar-refractivity contribution < 1.29 is 13.2 Å². The van der Waals surface area contributed by atoms with Crippen molar-refractivity contribution >= 4 is 10.0 Å². The lowest BCUT2D eigenvalue weighted by Crippen LogP contribution is -2.25. The van der Waals surface area contributed by atoms with Gasteiger partial charge in [-0.2, -0.15) is 0 Å². The number of allylic oxidation sites excluding steroid dienone is 1. The molecule has 0 heterocycles. The number of hydrogen-bond donors (Lipinski definition) is 1. The molecular weight excluding hydrogens is 274 g/mol. The number of nitrogens with one attached hydrogen (secondary N) is 1. The van der Waals surface area contributed by atoms with Gasteiger partial charge >= 0.3 is 0 Å². The van der Waals surface area contributed by atoms with E-state index in [2.05, 4.69) is 23.1 Å². The van der Waals surface area contributed by atoms with Crippen molar-refractivity contribution in [3.8, 4) is 17.6 Å². The molecule has 0 aliphatic heterocycles. The van der Waals surface area contributed by atoms with Crippen LogP contribution in [0.4, 0.5) is 0 Å². The van der Waals surface area contributed by atoms with Crippen LogP contribution in [0.2, 0.25) is 0 Å². The van der Waals surface area contributed by atoms with Gasteiger partial charge in [-0.05, 0) is 25.0 Å². The SMILES string of the molecule is C=CCc1ccccc1OCC#CCNS(=O)(=O)CC. The van der Waals surface area contributed by atoms with Crippen molar-refractivity contribution in [1.29, 1.82) is 0 Å². The molecule has 0 atom stereocenters. The van der Waals surface area contributed by atoms with Crippen LogP contribution in [0.1, 0.15) is 12.5 Å². The molecule has 20 heavy (non-hydrogen) atoms. The number of para-hydroxylation sites is 1. The molecule has 1 aromatic rings. The van der Waals surface area contributed by atoms with Gasteiger partial charge in [-0.1, -0.05) is 36.1 Å². The minimum Gasteiger partial charge on any atom is -0.481 e. The number of sulfonamides is 1. The maximum Gasteiger partial charge on any atom is 0.212 e. The van der Waals surface area contributed by atoms with E-state index in [0.717, 1.165) is 17.7 Å². The Morgan fingerprint density at radius 3 is 2.80 bits per heavy atom. The lowest BCUT2D eigenvalue weighted by molar-refractivity contribution is 0.366. The van der Waals surface area contributed by atoms with Crippen molar-refractivity contribution in [3.05, 3.63) is 42.5 Å². The Hall–Kier alpha value is -1.77. The van der Waals surface area contributed by atoms with Crippen molar-refractivity contribution in [2.75, 3.05) is 18.9 Å². The molecule has 0 aliphatic rings. The summed E-state index contributed by atoms with van der Waals surface area (Å²) >= 11 is 0. The van der Waals surface area contributed by atoms with E-state index in [0.29, 0.717) is 0 Å². The Bertz CT molecular complexity index is 597. The number of benzene rings is 1. The smallest absolute Gasteiger partial charge is 0.212 e. The fourth-order valence-corrected chi connectivity index (χ4v) is 1.94. The van der Waals surface area contributed by atoms with Crippen LogP contribution in [0.15, 0.2) is 36.9 Å². The zero-order valence-electron chi connectivity index (χ0n) is 11.6. The summed E-state index contributed by atoms with van der Waals surface area (Å²) in [6, 6.07) is 7.68. The van der Waals surface area contributed by atoms with Gasteiger partial charge in [0.25, 0.3) is 0 Å². The van der Waals surface area contributed by atoms with E-state index in [-0.39, 0.29) is 18.9 Å². The van der Waals surface area contributed by atoms with Crippen molar-refractivity contribution in [2.24, 2.45) is 0 Å². The molecule has 1 N–H and O–H groups in total. The van der Waals surface area contributed by atoms with Gasteiger partial charge in [-0.3, -0.25) is 0 Å². The normalized spacial score (nSPS) is 10.4. The minimum atomic E-state index is -3.18. The Balaban J connectivity index is 2.44. The predicted molar refractivity (Wildman–Crippen MR) is 81.1 cm³/mol. The first-order chi connectivity index (χ1) is 9.59. The Kier molecular flexibility index (Phi) is 6.85. The van der Waals surface area contributed by atoms with Gasteiger partial charge in [0.1, 0.15) is 12.4 Å². The molecule has 0 saturated carbocycles. The van der Waals surface area contributed by atoms with E-state index in [1.807, 2.05) is 30.3 Å². The summed E-state index contributed by atoms with van der Waals surface area (Å²) in [6.45, 7) is 5.61. The molecule has 0 aliphatic carbocycles. The fourth-order valence-electron chi connectivity index (χ4n) is 1.44. The number of ether oxygens (including phenoxy) is 1. The highest BCUT2D eigenvalue weighted by atomic mass is 32.2. The van der Waals surface area contributed by atoms with Crippen LogP contribution in [-0.4, -0.2) is 27.3 Å². The minimum absolute atomic E-state index is 0.0557. The molecular formula is C15H19NO3S. The highest BCUT2D eigenvalue weighted by Gasteiger charge is 2.02. The van der Waals surface area contributed by atoms with Gasteiger partial charge in [0, 0.05) is 0 Å². The number of rotatable bonds is 7. The molecule has 0 aromatic heterocycles. The molecule has 0 saturated heterocycles. The molecule has 1 rings (SSSR count). The van der Waals surface area contributed by atoms with E-state index < -0.39 is 10.0 Å². The molecule has 4 nitrogen and oxygen atoms in total. The second-order valence-electron chi connectivity index (χ2n) is 3.97. The molecule has 0 bridgehead atoms. The molecule has 0 radical (unpaired) electrons. The third-order valence-corrected chi connectivity index (χ3v) is 3.87. The van der Waals surface area contributed by atoms with Gasteiger partial charge in [0.05, 0.1) is 12.3 Å². The topological polar surface area (TPSA) is 55.4 Å². The van der Waals surface area contributed by atoms with E-state index >= 15 is 0 Å². The average Bonchev–Trinajstić information content (AvgIpc) is 2.44. The molecule has 0 unspecified atom stereocenters. The summed E-state index contributed by atoms with van der Waals surface area (Å²) in [6.07, 6.45) is 2.55. The van der Waals surface area contributed by atoms with Crippen LogP contribution in [0, 0.1) is 11.8 Å². The zero-order valence-corrected chi connectivity index (χ0v) is 12.4. The Morgan fingerprint density at radius 1 is 1.35 bits per heavy atom. The van der Waals surface area contributed by atoms with Crippen LogP contribution in [0.5, 0.6) is 5.75 Å². The van der Waals surface area contributed by atoms with Crippen LogP contribution < -0.4 is 9.46 Å². The van der Waals surface area contributed by atoms with E-state index in [9.17, 15) is 8.42 Å². The first-order valence-electron chi connectivity index (χ1n) is 6.33. The van der Waals surface area contributed by atoms with Crippen LogP contribution in [0.3, 0.4) is 0 Å². The lowest BCUT2D eigenvalue weighted by atomic mass is 10.1. The van der Waals surface area contributed by atoms with Crippen LogP contribution >= 0.6 is 0 Å². The zero-order chi connectivity index (χ0) is 14.8. The Morgan fingerprint density at radius 2 is 2.10 bits per heavy atom. The molecule has 108 valence electrons. The van der Waals surface area contributed by atoms with Gasteiger partial charge < -0.3 is 4.74 Å². The Labute approximate surface area is 120 Å². The van der Waals surface area contributed by atoms with Gasteiger partial charge in [0.15, 0.2) is 0 Å². The summed E-state index contributed by atoms with van der Waals surface area (Å²) < 4.78 is 30.2. The first-order valence-corrected chi connectivity index (χ1v) is 7.99. The predicted octanol–water partition coefficient (Wildman–Crippen LogP) is 1.74. The third-order valence-electron chi connectivity index (χ3n) is 2.52. The maximum absolute atomic E-state index is 11.2. The average molecular weight is 293 g/mol. The van der Waals surface area contributed by atoms with E-state index in [1.54, 1.807) is 6.92 Å². The molecule has 1 aromatic carbocycles.